The minimum absolute atomic E-state index is 0.0553. The van der Waals surface area contributed by atoms with Gasteiger partial charge >= 0.3 is 0 Å². The molecule has 2 aliphatic heterocycles. The largest absolute Gasteiger partial charge is 0.368 e. The lowest BCUT2D eigenvalue weighted by atomic mass is 10.0. The number of piperazine rings is 1. The molecule has 1 aromatic rings. The van der Waals surface area contributed by atoms with Crippen molar-refractivity contribution in [3.05, 3.63) is 35.9 Å². The van der Waals surface area contributed by atoms with Gasteiger partial charge < -0.3 is 15.0 Å². The summed E-state index contributed by atoms with van der Waals surface area (Å²) in [6.45, 7) is 5.70. The summed E-state index contributed by atoms with van der Waals surface area (Å²) in [6.07, 6.45) is 2.57. The maximum atomic E-state index is 12.3. The Balaban J connectivity index is 1.59. The average Bonchev–Trinajstić information content (AvgIpc) is 3.15. The number of likely N-dealkylation sites (N-methyl/N-ethyl adjacent to an activating group) is 1. The molecule has 2 saturated heterocycles. The van der Waals surface area contributed by atoms with E-state index in [9.17, 15) is 4.79 Å². The molecule has 5 nitrogen and oxygen atoms in total. The van der Waals surface area contributed by atoms with Crippen LogP contribution in [-0.2, 0) is 16.0 Å². The van der Waals surface area contributed by atoms with Crippen molar-refractivity contribution in [3.8, 4) is 0 Å². The van der Waals surface area contributed by atoms with E-state index in [4.69, 9.17) is 4.74 Å². The predicted molar refractivity (Wildman–Crippen MR) is 95.0 cm³/mol. The Morgan fingerprint density at radius 2 is 2.00 bits per heavy atom. The third kappa shape index (κ3) is 4.79. The molecule has 5 heteroatoms. The Labute approximate surface area is 145 Å². The van der Waals surface area contributed by atoms with Gasteiger partial charge in [0.25, 0.3) is 0 Å². The fourth-order valence-corrected chi connectivity index (χ4v) is 3.52. The first-order chi connectivity index (χ1) is 11.7. The molecule has 2 aliphatic rings. The first-order valence-electron chi connectivity index (χ1n) is 9.08. The first kappa shape index (κ1) is 17.4. The molecule has 0 bridgehead atoms. The van der Waals surface area contributed by atoms with Crippen molar-refractivity contribution in [1.82, 2.24) is 15.1 Å². The number of benzene rings is 1. The number of ether oxygens (including phenoxy) is 1. The summed E-state index contributed by atoms with van der Waals surface area (Å²) in [5.74, 6) is 0.0553. The minimum Gasteiger partial charge on any atom is -0.368 e. The molecule has 24 heavy (non-hydrogen) atoms. The third-order valence-corrected chi connectivity index (χ3v) is 5.10. The fraction of sp³-hybridized carbons (Fsp3) is 0.632. The number of carbonyl (C=O) groups is 1. The summed E-state index contributed by atoms with van der Waals surface area (Å²) in [5.41, 5.74) is 1.33. The van der Waals surface area contributed by atoms with Crippen molar-refractivity contribution in [2.24, 2.45) is 0 Å². The molecule has 0 saturated carbocycles. The van der Waals surface area contributed by atoms with Crippen LogP contribution in [-0.4, -0.2) is 74.2 Å². The lowest BCUT2D eigenvalue weighted by Crippen LogP contribution is -2.53. The molecular weight excluding hydrogens is 302 g/mol. The van der Waals surface area contributed by atoms with Crippen molar-refractivity contribution in [2.45, 2.75) is 31.4 Å². The van der Waals surface area contributed by atoms with E-state index in [0.29, 0.717) is 19.2 Å². The highest BCUT2D eigenvalue weighted by atomic mass is 16.5. The van der Waals surface area contributed by atoms with Crippen LogP contribution in [0.25, 0.3) is 0 Å². The van der Waals surface area contributed by atoms with Gasteiger partial charge in [0.15, 0.2) is 0 Å². The highest BCUT2D eigenvalue weighted by Crippen LogP contribution is 2.14. The van der Waals surface area contributed by atoms with Crippen LogP contribution in [0.2, 0.25) is 0 Å². The summed E-state index contributed by atoms with van der Waals surface area (Å²) in [5, 5.41) is 3.13. The summed E-state index contributed by atoms with van der Waals surface area (Å²) in [6, 6.07) is 10.9. The fourth-order valence-electron chi connectivity index (χ4n) is 3.52. The van der Waals surface area contributed by atoms with E-state index < -0.39 is 0 Å². The summed E-state index contributed by atoms with van der Waals surface area (Å²) in [4.78, 5) is 17.2. The van der Waals surface area contributed by atoms with Crippen LogP contribution in [0.15, 0.2) is 30.3 Å². The van der Waals surface area contributed by atoms with Crippen molar-refractivity contribution >= 4 is 5.91 Å². The van der Waals surface area contributed by atoms with E-state index >= 15 is 0 Å². The molecule has 1 N–H and O–H groups in total. The predicted octanol–water partition coefficient (Wildman–Crippen LogP) is 1.14. The molecule has 0 aromatic heterocycles. The lowest BCUT2D eigenvalue weighted by molar-refractivity contribution is -0.130. The molecule has 2 fully saturated rings. The van der Waals surface area contributed by atoms with Crippen LogP contribution in [0.4, 0.5) is 0 Å². The van der Waals surface area contributed by atoms with Crippen LogP contribution >= 0.6 is 0 Å². The van der Waals surface area contributed by atoms with Gasteiger partial charge in [-0.1, -0.05) is 30.3 Å². The molecule has 132 valence electrons. The van der Waals surface area contributed by atoms with Gasteiger partial charge in [0.05, 0.1) is 0 Å². The summed E-state index contributed by atoms with van der Waals surface area (Å²) in [7, 11) is 2.17. The number of amides is 1. The number of carbonyl (C=O) groups excluding carboxylic acids is 1. The topological polar surface area (TPSA) is 44.8 Å². The molecule has 2 heterocycles. The second-order valence-corrected chi connectivity index (χ2v) is 6.93. The smallest absolute Gasteiger partial charge is 0.249 e. The molecule has 2 atom stereocenters. The Kier molecular flexibility index (Phi) is 6.24. The van der Waals surface area contributed by atoms with E-state index in [0.717, 1.165) is 45.4 Å². The summed E-state index contributed by atoms with van der Waals surface area (Å²) < 4.78 is 5.49. The molecule has 0 radical (unpaired) electrons. The van der Waals surface area contributed by atoms with Crippen molar-refractivity contribution in [1.29, 1.82) is 0 Å². The Hall–Kier alpha value is -1.43. The number of hydrogen-bond acceptors (Lipinski definition) is 4. The number of hydrogen-bond donors (Lipinski definition) is 1. The molecule has 2 unspecified atom stereocenters. The standard InChI is InChI=1S/C19H29N3O2/c1-21-9-11-22(12-10-21)17(14-16-6-3-2-4-7-16)15-20-19(23)18-8-5-13-24-18/h2-4,6-7,17-18H,5,8-15H2,1H3,(H,20,23). The number of rotatable bonds is 6. The molecule has 0 aliphatic carbocycles. The SMILES string of the molecule is CN1CCN(C(CNC(=O)C2CCCO2)Cc2ccccc2)CC1. The lowest BCUT2D eigenvalue weighted by Gasteiger charge is -2.38. The van der Waals surface area contributed by atoms with Gasteiger partial charge in [-0.05, 0) is 31.9 Å². The van der Waals surface area contributed by atoms with E-state index in [1.165, 1.54) is 5.56 Å². The van der Waals surface area contributed by atoms with E-state index in [1.807, 2.05) is 6.07 Å². The van der Waals surface area contributed by atoms with E-state index in [-0.39, 0.29) is 12.0 Å². The van der Waals surface area contributed by atoms with Gasteiger partial charge in [0.1, 0.15) is 6.10 Å². The zero-order valence-corrected chi connectivity index (χ0v) is 14.6. The Bertz CT molecular complexity index is 509. The average molecular weight is 331 g/mol. The Morgan fingerprint density at radius 3 is 2.67 bits per heavy atom. The second kappa shape index (κ2) is 8.60. The monoisotopic (exact) mass is 331 g/mol. The first-order valence-corrected chi connectivity index (χ1v) is 9.08. The molecule has 0 spiro atoms. The third-order valence-electron chi connectivity index (χ3n) is 5.10. The summed E-state index contributed by atoms with van der Waals surface area (Å²) >= 11 is 0. The highest BCUT2D eigenvalue weighted by molar-refractivity contribution is 5.80. The molecular formula is C19H29N3O2. The van der Waals surface area contributed by atoms with Crippen molar-refractivity contribution < 1.29 is 9.53 Å². The van der Waals surface area contributed by atoms with Gasteiger partial charge in [0.2, 0.25) is 5.91 Å². The van der Waals surface area contributed by atoms with Crippen LogP contribution in [0, 0.1) is 0 Å². The van der Waals surface area contributed by atoms with Gasteiger partial charge in [-0.15, -0.1) is 0 Å². The normalized spacial score (nSPS) is 24.0. The molecule has 1 aromatic carbocycles. The minimum atomic E-state index is -0.241. The Morgan fingerprint density at radius 1 is 1.25 bits per heavy atom. The quantitative estimate of drug-likeness (QED) is 0.849. The van der Waals surface area contributed by atoms with Gasteiger partial charge in [-0.25, -0.2) is 0 Å². The van der Waals surface area contributed by atoms with Crippen LogP contribution < -0.4 is 5.32 Å². The van der Waals surface area contributed by atoms with Crippen molar-refractivity contribution in [2.75, 3.05) is 46.4 Å². The zero-order chi connectivity index (χ0) is 16.8. The van der Waals surface area contributed by atoms with Crippen LogP contribution in [0.5, 0.6) is 0 Å². The van der Waals surface area contributed by atoms with Crippen LogP contribution in [0.3, 0.4) is 0 Å². The van der Waals surface area contributed by atoms with E-state index in [2.05, 4.69) is 46.4 Å². The maximum Gasteiger partial charge on any atom is 0.249 e. The zero-order valence-electron chi connectivity index (χ0n) is 14.6. The van der Waals surface area contributed by atoms with Gasteiger partial charge in [-0.3, -0.25) is 9.69 Å². The number of nitrogens with one attached hydrogen (secondary N) is 1. The van der Waals surface area contributed by atoms with Gasteiger partial charge in [0, 0.05) is 45.4 Å². The maximum absolute atomic E-state index is 12.3. The highest BCUT2D eigenvalue weighted by Gasteiger charge is 2.26. The van der Waals surface area contributed by atoms with Gasteiger partial charge in [-0.2, -0.15) is 0 Å². The second-order valence-electron chi connectivity index (χ2n) is 6.93. The van der Waals surface area contributed by atoms with Crippen molar-refractivity contribution in [3.63, 3.8) is 0 Å². The van der Waals surface area contributed by atoms with E-state index in [1.54, 1.807) is 0 Å². The number of nitrogens with zero attached hydrogens (tertiary/aromatic N) is 2. The molecule has 3 rings (SSSR count). The van der Waals surface area contributed by atoms with Crippen LogP contribution in [0.1, 0.15) is 18.4 Å². The molecule has 1 amide bonds.